The lowest BCUT2D eigenvalue weighted by Gasteiger charge is -2.19. The van der Waals surface area contributed by atoms with E-state index in [4.69, 9.17) is 5.73 Å². The van der Waals surface area contributed by atoms with Crippen LogP contribution < -0.4 is 5.73 Å². The average molecular weight is 228 g/mol. The van der Waals surface area contributed by atoms with Gasteiger partial charge >= 0.3 is 0 Å². The van der Waals surface area contributed by atoms with Crippen LogP contribution >= 0.6 is 0 Å². The highest BCUT2D eigenvalue weighted by molar-refractivity contribution is 5.95. The Bertz CT molecular complexity index is 403. The van der Waals surface area contributed by atoms with Gasteiger partial charge in [-0.1, -0.05) is 0 Å². The van der Waals surface area contributed by atoms with E-state index in [9.17, 15) is 13.6 Å². The molecule has 0 aliphatic carbocycles. The van der Waals surface area contributed by atoms with Gasteiger partial charge in [0.2, 0.25) is 0 Å². The number of nitrogens with zero attached hydrogens (tertiary/aromatic N) is 1. The Labute approximate surface area is 92.8 Å². The van der Waals surface area contributed by atoms with E-state index in [2.05, 4.69) is 0 Å². The predicted octanol–water partition coefficient (Wildman–Crippen LogP) is 2.03. The van der Waals surface area contributed by atoms with E-state index in [1.54, 1.807) is 13.8 Å². The Hall–Kier alpha value is -1.65. The van der Waals surface area contributed by atoms with Gasteiger partial charge in [-0.15, -0.1) is 0 Å². The number of hydrogen-bond acceptors (Lipinski definition) is 2. The van der Waals surface area contributed by atoms with Gasteiger partial charge < -0.3 is 10.6 Å². The standard InChI is InChI=1S/C11H14F2N2O/c1-3-15(4-2)11(16)8-5-7(12)6-9(14)10(8)13/h5-6H,3-4,14H2,1-2H3. The van der Waals surface area contributed by atoms with Gasteiger partial charge in [-0.25, -0.2) is 8.78 Å². The number of halogens is 2. The predicted molar refractivity (Wildman–Crippen MR) is 58.0 cm³/mol. The van der Waals surface area contributed by atoms with Crippen molar-refractivity contribution in [2.24, 2.45) is 0 Å². The Morgan fingerprint density at radius 2 is 1.88 bits per heavy atom. The summed E-state index contributed by atoms with van der Waals surface area (Å²) in [6.07, 6.45) is 0. The summed E-state index contributed by atoms with van der Waals surface area (Å²) in [4.78, 5) is 13.2. The van der Waals surface area contributed by atoms with Crippen LogP contribution in [0.2, 0.25) is 0 Å². The first-order valence-corrected chi connectivity index (χ1v) is 5.05. The van der Waals surface area contributed by atoms with Crippen LogP contribution in [-0.4, -0.2) is 23.9 Å². The number of nitrogens with two attached hydrogens (primary N) is 1. The molecule has 1 rings (SSSR count). The Balaban J connectivity index is 3.17. The SMILES string of the molecule is CCN(CC)C(=O)c1cc(F)cc(N)c1F. The minimum atomic E-state index is -0.863. The summed E-state index contributed by atoms with van der Waals surface area (Å²) in [5, 5.41) is 0. The molecule has 0 saturated heterocycles. The van der Waals surface area contributed by atoms with E-state index in [-0.39, 0.29) is 11.3 Å². The second-order valence-corrected chi connectivity index (χ2v) is 3.33. The molecule has 0 spiro atoms. The summed E-state index contributed by atoms with van der Waals surface area (Å²) >= 11 is 0. The lowest BCUT2D eigenvalue weighted by atomic mass is 10.1. The van der Waals surface area contributed by atoms with E-state index in [0.29, 0.717) is 13.1 Å². The molecule has 5 heteroatoms. The fraction of sp³-hybridized carbons (Fsp3) is 0.364. The van der Waals surface area contributed by atoms with Crippen LogP contribution in [0.4, 0.5) is 14.5 Å². The van der Waals surface area contributed by atoms with Crippen molar-refractivity contribution in [3.8, 4) is 0 Å². The van der Waals surface area contributed by atoms with Gasteiger partial charge in [0.15, 0.2) is 5.82 Å². The maximum atomic E-state index is 13.5. The molecule has 0 heterocycles. The molecule has 2 N–H and O–H groups in total. The average Bonchev–Trinajstić information content (AvgIpc) is 2.24. The number of benzene rings is 1. The van der Waals surface area contributed by atoms with Crippen LogP contribution in [0.5, 0.6) is 0 Å². The number of nitrogen functional groups attached to an aromatic ring is 1. The topological polar surface area (TPSA) is 46.3 Å². The van der Waals surface area contributed by atoms with Gasteiger partial charge in [0, 0.05) is 13.1 Å². The molecule has 0 radical (unpaired) electrons. The van der Waals surface area contributed by atoms with E-state index in [1.807, 2.05) is 0 Å². The second-order valence-electron chi connectivity index (χ2n) is 3.33. The van der Waals surface area contributed by atoms with Crippen molar-refractivity contribution in [1.82, 2.24) is 4.90 Å². The van der Waals surface area contributed by atoms with Crippen molar-refractivity contribution in [2.75, 3.05) is 18.8 Å². The molecule has 0 bridgehead atoms. The molecule has 16 heavy (non-hydrogen) atoms. The van der Waals surface area contributed by atoms with Crippen LogP contribution in [0.25, 0.3) is 0 Å². The molecule has 0 aromatic heterocycles. The van der Waals surface area contributed by atoms with Crippen LogP contribution in [0.1, 0.15) is 24.2 Å². The molecule has 1 aromatic carbocycles. The molecule has 0 aliphatic rings. The molecule has 0 saturated carbocycles. The smallest absolute Gasteiger partial charge is 0.256 e. The van der Waals surface area contributed by atoms with Crippen molar-refractivity contribution >= 4 is 11.6 Å². The van der Waals surface area contributed by atoms with Crippen LogP contribution in [0.3, 0.4) is 0 Å². The Morgan fingerprint density at radius 1 is 1.31 bits per heavy atom. The molecular weight excluding hydrogens is 214 g/mol. The van der Waals surface area contributed by atoms with Crippen LogP contribution in [0, 0.1) is 11.6 Å². The van der Waals surface area contributed by atoms with E-state index < -0.39 is 17.5 Å². The minimum absolute atomic E-state index is 0.318. The fourth-order valence-electron chi connectivity index (χ4n) is 1.45. The largest absolute Gasteiger partial charge is 0.396 e. The Morgan fingerprint density at radius 3 is 2.38 bits per heavy atom. The van der Waals surface area contributed by atoms with E-state index in [1.165, 1.54) is 4.90 Å². The summed E-state index contributed by atoms with van der Waals surface area (Å²) in [6.45, 7) is 4.40. The van der Waals surface area contributed by atoms with Crippen molar-refractivity contribution in [2.45, 2.75) is 13.8 Å². The third kappa shape index (κ3) is 2.29. The van der Waals surface area contributed by atoms with Crippen molar-refractivity contribution in [3.05, 3.63) is 29.3 Å². The highest BCUT2D eigenvalue weighted by atomic mass is 19.1. The fourth-order valence-corrected chi connectivity index (χ4v) is 1.45. The highest BCUT2D eigenvalue weighted by Gasteiger charge is 2.19. The third-order valence-corrected chi connectivity index (χ3v) is 2.35. The summed E-state index contributed by atoms with van der Waals surface area (Å²) in [6, 6.07) is 1.72. The number of amides is 1. The molecular formula is C11H14F2N2O. The van der Waals surface area contributed by atoms with Crippen molar-refractivity contribution < 1.29 is 13.6 Å². The molecule has 1 aromatic rings. The molecule has 0 unspecified atom stereocenters. The van der Waals surface area contributed by atoms with Gasteiger partial charge in [-0.3, -0.25) is 4.79 Å². The van der Waals surface area contributed by atoms with Crippen molar-refractivity contribution in [1.29, 1.82) is 0 Å². The lowest BCUT2D eigenvalue weighted by molar-refractivity contribution is 0.0768. The molecule has 3 nitrogen and oxygen atoms in total. The maximum absolute atomic E-state index is 13.5. The monoisotopic (exact) mass is 228 g/mol. The maximum Gasteiger partial charge on any atom is 0.256 e. The second kappa shape index (κ2) is 4.92. The van der Waals surface area contributed by atoms with Gasteiger partial charge in [0.25, 0.3) is 5.91 Å². The summed E-state index contributed by atoms with van der Waals surface area (Å²) < 4.78 is 26.5. The number of rotatable bonds is 3. The zero-order valence-electron chi connectivity index (χ0n) is 9.26. The quantitative estimate of drug-likeness (QED) is 0.804. The molecule has 88 valence electrons. The van der Waals surface area contributed by atoms with Gasteiger partial charge in [0.05, 0.1) is 11.3 Å². The van der Waals surface area contributed by atoms with Gasteiger partial charge in [0.1, 0.15) is 5.82 Å². The van der Waals surface area contributed by atoms with E-state index in [0.717, 1.165) is 12.1 Å². The number of anilines is 1. The van der Waals surface area contributed by atoms with Crippen LogP contribution in [-0.2, 0) is 0 Å². The first-order chi connectivity index (χ1) is 7.51. The van der Waals surface area contributed by atoms with E-state index >= 15 is 0 Å². The first-order valence-electron chi connectivity index (χ1n) is 5.05. The normalized spacial score (nSPS) is 10.2. The zero-order valence-corrected chi connectivity index (χ0v) is 9.26. The first kappa shape index (κ1) is 12.4. The number of hydrogen-bond donors (Lipinski definition) is 1. The third-order valence-electron chi connectivity index (χ3n) is 2.35. The Kier molecular flexibility index (Phi) is 3.82. The highest BCUT2D eigenvalue weighted by Crippen LogP contribution is 2.18. The van der Waals surface area contributed by atoms with Crippen LogP contribution in [0.15, 0.2) is 12.1 Å². The zero-order chi connectivity index (χ0) is 12.3. The summed E-state index contributed by atoms with van der Waals surface area (Å²) in [7, 11) is 0. The molecule has 0 fully saturated rings. The van der Waals surface area contributed by atoms with Gasteiger partial charge in [-0.05, 0) is 26.0 Å². The lowest BCUT2D eigenvalue weighted by Crippen LogP contribution is -2.31. The number of carbonyl (C=O) groups excluding carboxylic acids is 1. The molecule has 0 atom stereocenters. The van der Waals surface area contributed by atoms with Crippen molar-refractivity contribution in [3.63, 3.8) is 0 Å². The number of carbonyl (C=O) groups is 1. The minimum Gasteiger partial charge on any atom is -0.396 e. The molecule has 1 amide bonds. The molecule has 0 aliphatic heterocycles. The van der Waals surface area contributed by atoms with Gasteiger partial charge in [-0.2, -0.15) is 0 Å². The summed E-state index contributed by atoms with van der Waals surface area (Å²) in [5.41, 5.74) is 4.59. The summed E-state index contributed by atoms with van der Waals surface area (Å²) in [5.74, 6) is -2.12.